The highest BCUT2D eigenvalue weighted by Gasteiger charge is 2.25. The van der Waals surface area contributed by atoms with E-state index in [2.05, 4.69) is 0 Å². The third kappa shape index (κ3) is 2.98. The van der Waals surface area contributed by atoms with Gasteiger partial charge < -0.3 is 9.67 Å². The van der Waals surface area contributed by atoms with Crippen LogP contribution >= 0.6 is 0 Å². The molecule has 1 saturated heterocycles. The van der Waals surface area contributed by atoms with Crippen LogP contribution in [0.4, 0.5) is 0 Å². The van der Waals surface area contributed by atoms with Crippen LogP contribution in [0.1, 0.15) is 23.2 Å². The van der Waals surface area contributed by atoms with E-state index in [0.29, 0.717) is 32.5 Å². The molecule has 0 atom stereocenters. The number of carboxylic acid groups (broad SMARTS) is 1. The minimum atomic E-state index is -0.718. The smallest absolute Gasteiger partial charge is 0.306 e. The second-order valence-corrected chi connectivity index (χ2v) is 4.88. The van der Waals surface area contributed by atoms with Crippen molar-refractivity contribution in [3.63, 3.8) is 0 Å². The van der Waals surface area contributed by atoms with Crippen molar-refractivity contribution in [2.45, 2.75) is 12.8 Å². The lowest BCUT2D eigenvalue weighted by atomic mass is 9.97. The summed E-state index contributed by atoms with van der Waals surface area (Å²) >= 11 is 0. The van der Waals surface area contributed by atoms with E-state index in [1.54, 1.807) is 0 Å². The standard InChI is InChI=1S/C13H18N2O3/c1-14-5-2-11(8-14)12(16)9-15-6-3-10(4-7-15)13(17)18/h2,5,8,10H,3-4,6-7,9H2,1H3,(H,17,18). The van der Waals surface area contributed by atoms with Crippen molar-refractivity contribution in [3.8, 4) is 0 Å². The summed E-state index contributed by atoms with van der Waals surface area (Å²) in [7, 11) is 1.88. The molecule has 0 aliphatic carbocycles. The molecule has 0 spiro atoms. The highest BCUT2D eigenvalue weighted by Crippen LogP contribution is 2.17. The van der Waals surface area contributed by atoms with E-state index in [1.807, 2.05) is 35.0 Å². The van der Waals surface area contributed by atoms with Crippen LogP contribution in [-0.2, 0) is 11.8 Å². The maximum absolute atomic E-state index is 12.0. The van der Waals surface area contributed by atoms with Crippen LogP contribution < -0.4 is 0 Å². The number of piperidine rings is 1. The molecule has 5 heteroatoms. The number of ketones is 1. The summed E-state index contributed by atoms with van der Waals surface area (Å²) in [5, 5.41) is 8.90. The van der Waals surface area contributed by atoms with Crippen molar-refractivity contribution in [1.82, 2.24) is 9.47 Å². The molecule has 18 heavy (non-hydrogen) atoms. The van der Waals surface area contributed by atoms with Crippen molar-refractivity contribution in [2.24, 2.45) is 13.0 Å². The molecule has 2 rings (SSSR count). The summed E-state index contributed by atoms with van der Waals surface area (Å²) in [4.78, 5) is 24.8. The molecular formula is C13H18N2O3. The number of hydrogen-bond acceptors (Lipinski definition) is 3. The average Bonchev–Trinajstić information content (AvgIpc) is 2.76. The Kier molecular flexibility index (Phi) is 3.81. The Morgan fingerprint density at radius 2 is 2.06 bits per heavy atom. The maximum atomic E-state index is 12.0. The summed E-state index contributed by atoms with van der Waals surface area (Å²) in [5.41, 5.74) is 0.720. The van der Waals surface area contributed by atoms with Crippen LogP contribution in [0.5, 0.6) is 0 Å². The molecule has 5 nitrogen and oxygen atoms in total. The Bertz CT molecular complexity index is 445. The predicted molar refractivity (Wildman–Crippen MR) is 66.5 cm³/mol. The van der Waals surface area contributed by atoms with Crippen molar-refractivity contribution in [3.05, 3.63) is 24.0 Å². The lowest BCUT2D eigenvalue weighted by molar-refractivity contribution is -0.143. The van der Waals surface area contributed by atoms with Gasteiger partial charge in [-0.15, -0.1) is 0 Å². The zero-order valence-corrected chi connectivity index (χ0v) is 10.5. The minimum absolute atomic E-state index is 0.101. The molecule has 0 aromatic carbocycles. The van der Waals surface area contributed by atoms with Gasteiger partial charge in [-0.1, -0.05) is 0 Å². The third-order valence-electron chi connectivity index (χ3n) is 3.46. The van der Waals surface area contributed by atoms with Crippen LogP contribution in [0.2, 0.25) is 0 Å². The van der Waals surface area contributed by atoms with Gasteiger partial charge in [0.05, 0.1) is 12.5 Å². The van der Waals surface area contributed by atoms with Crippen LogP contribution in [0, 0.1) is 5.92 Å². The fourth-order valence-corrected chi connectivity index (χ4v) is 2.30. The quantitative estimate of drug-likeness (QED) is 0.810. The van der Waals surface area contributed by atoms with Crippen molar-refractivity contribution in [2.75, 3.05) is 19.6 Å². The van der Waals surface area contributed by atoms with Crippen molar-refractivity contribution >= 4 is 11.8 Å². The highest BCUT2D eigenvalue weighted by molar-refractivity contribution is 5.97. The summed E-state index contributed by atoms with van der Waals surface area (Å²) < 4.78 is 1.85. The van der Waals surface area contributed by atoms with Crippen molar-refractivity contribution in [1.29, 1.82) is 0 Å². The summed E-state index contributed by atoms with van der Waals surface area (Å²) in [6.07, 6.45) is 4.94. The number of carbonyl (C=O) groups excluding carboxylic acids is 1. The number of aryl methyl sites for hydroxylation is 1. The Balaban J connectivity index is 1.85. The number of nitrogens with zero attached hydrogens (tertiary/aromatic N) is 2. The summed E-state index contributed by atoms with van der Waals surface area (Å²) in [5.74, 6) is -0.860. The van der Waals surface area contributed by atoms with Crippen LogP contribution in [0.15, 0.2) is 18.5 Å². The number of likely N-dealkylation sites (tertiary alicyclic amines) is 1. The van der Waals surface area contributed by atoms with Gasteiger partial charge in [0, 0.05) is 25.0 Å². The molecule has 0 saturated carbocycles. The van der Waals surface area contributed by atoms with E-state index >= 15 is 0 Å². The largest absolute Gasteiger partial charge is 0.481 e. The average molecular weight is 250 g/mol. The summed E-state index contributed by atoms with van der Waals surface area (Å²) in [6, 6.07) is 1.81. The van der Waals surface area contributed by atoms with Gasteiger partial charge in [-0.2, -0.15) is 0 Å². The zero-order valence-electron chi connectivity index (χ0n) is 10.5. The second-order valence-electron chi connectivity index (χ2n) is 4.88. The number of carbonyl (C=O) groups is 2. The molecule has 1 aliphatic rings. The van der Waals surface area contributed by atoms with E-state index in [9.17, 15) is 9.59 Å². The molecule has 0 radical (unpaired) electrons. The Hall–Kier alpha value is -1.62. The lowest BCUT2D eigenvalue weighted by Crippen LogP contribution is -2.39. The topological polar surface area (TPSA) is 62.5 Å². The number of hydrogen-bond donors (Lipinski definition) is 1. The molecule has 98 valence electrons. The second kappa shape index (κ2) is 5.35. The number of carboxylic acids is 1. The van der Waals surface area contributed by atoms with E-state index in [4.69, 9.17) is 5.11 Å². The number of aliphatic carboxylic acids is 1. The van der Waals surface area contributed by atoms with Crippen LogP contribution in [0.3, 0.4) is 0 Å². The summed E-state index contributed by atoms with van der Waals surface area (Å²) in [6.45, 7) is 1.77. The number of Topliss-reactive ketones (excluding diaryl/α,β-unsaturated/α-hetero) is 1. The maximum Gasteiger partial charge on any atom is 0.306 e. The lowest BCUT2D eigenvalue weighted by Gasteiger charge is -2.29. The zero-order chi connectivity index (χ0) is 13.1. The Morgan fingerprint density at radius 3 is 2.56 bits per heavy atom. The van der Waals surface area contributed by atoms with Gasteiger partial charge in [0.15, 0.2) is 5.78 Å². The van der Waals surface area contributed by atoms with E-state index in [1.165, 1.54) is 0 Å². The SMILES string of the molecule is Cn1ccc(C(=O)CN2CCC(C(=O)O)CC2)c1. The first-order valence-corrected chi connectivity index (χ1v) is 6.16. The monoisotopic (exact) mass is 250 g/mol. The fourth-order valence-electron chi connectivity index (χ4n) is 2.30. The van der Waals surface area contributed by atoms with Gasteiger partial charge in [-0.25, -0.2) is 0 Å². The normalized spacial score (nSPS) is 17.8. The molecule has 1 aliphatic heterocycles. The first kappa shape index (κ1) is 12.8. The molecule has 0 amide bonds. The third-order valence-corrected chi connectivity index (χ3v) is 3.46. The first-order chi connectivity index (χ1) is 8.56. The molecule has 0 unspecified atom stereocenters. The van der Waals surface area contributed by atoms with Crippen LogP contribution in [0.25, 0.3) is 0 Å². The minimum Gasteiger partial charge on any atom is -0.481 e. The van der Waals surface area contributed by atoms with E-state index in [0.717, 1.165) is 5.56 Å². The van der Waals surface area contributed by atoms with Gasteiger partial charge in [-0.05, 0) is 32.0 Å². The Labute approximate surface area is 106 Å². The number of aromatic nitrogens is 1. The van der Waals surface area contributed by atoms with Gasteiger partial charge >= 0.3 is 5.97 Å². The fraction of sp³-hybridized carbons (Fsp3) is 0.538. The molecular weight excluding hydrogens is 232 g/mol. The van der Waals surface area contributed by atoms with Gasteiger partial charge in [0.25, 0.3) is 0 Å². The van der Waals surface area contributed by atoms with Gasteiger partial charge in [-0.3, -0.25) is 14.5 Å². The molecule has 1 fully saturated rings. The molecule has 2 heterocycles. The molecule has 1 aromatic rings. The first-order valence-electron chi connectivity index (χ1n) is 6.16. The number of rotatable bonds is 4. The molecule has 1 N–H and O–H groups in total. The molecule has 0 bridgehead atoms. The molecule has 1 aromatic heterocycles. The van der Waals surface area contributed by atoms with E-state index in [-0.39, 0.29) is 11.7 Å². The van der Waals surface area contributed by atoms with Gasteiger partial charge in [0.2, 0.25) is 0 Å². The highest BCUT2D eigenvalue weighted by atomic mass is 16.4. The van der Waals surface area contributed by atoms with Gasteiger partial charge in [0.1, 0.15) is 0 Å². The Morgan fingerprint density at radius 1 is 1.39 bits per heavy atom. The van der Waals surface area contributed by atoms with Crippen molar-refractivity contribution < 1.29 is 14.7 Å². The predicted octanol–water partition coefficient (Wildman–Crippen LogP) is 1.00. The van der Waals surface area contributed by atoms with E-state index < -0.39 is 5.97 Å². The van der Waals surface area contributed by atoms with Crippen LogP contribution in [-0.4, -0.2) is 46.0 Å².